The van der Waals surface area contributed by atoms with Gasteiger partial charge in [-0.3, -0.25) is 4.79 Å². The lowest BCUT2D eigenvalue weighted by molar-refractivity contribution is 0.0966. The standard InChI is InChI=1S/C23H24FN5O.C6H6FN/c1-12-20(11-26-9-13-2-3-13)29-22(28-12)17-7-6-15(18-10-27-23(30)21(17)18)16-5-4-14(25)8-19(16)24;7-5-1-3-6(8)4-2-5/h4-8,13,26H,2-3,9-11,25H2,1H3,(H,27,30)(H,28,29);1-4H,8H2. The number of nitrogens with one attached hydrogen (secondary N) is 3. The minimum atomic E-state index is -0.401. The van der Waals surface area contributed by atoms with E-state index in [0.29, 0.717) is 47.0 Å². The Morgan fingerprint density at radius 1 is 0.974 bits per heavy atom. The Hall–Kier alpha value is -4.24. The van der Waals surface area contributed by atoms with Crippen LogP contribution in [0.15, 0.2) is 54.6 Å². The van der Waals surface area contributed by atoms with E-state index in [-0.39, 0.29) is 11.7 Å². The van der Waals surface area contributed by atoms with Gasteiger partial charge in [0.2, 0.25) is 0 Å². The zero-order valence-corrected chi connectivity index (χ0v) is 21.1. The number of carbonyl (C=O) groups excluding carboxylic acids is 1. The fourth-order valence-electron chi connectivity index (χ4n) is 4.52. The second-order valence-electron chi connectivity index (χ2n) is 9.72. The van der Waals surface area contributed by atoms with Crippen LogP contribution in [0.2, 0.25) is 0 Å². The van der Waals surface area contributed by atoms with Crippen LogP contribution >= 0.6 is 0 Å². The molecule has 0 spiro atoms. The molecule has 4 aromatic rings. The maximum absolute atomic E-state index is 14.6. The van der Waals surface area contributed by atoms with Crippen molar-refractivity contribution in [2.75, 3.05) is 18.0 Å². The van der Waals surface area contributed by atoms with E-state index in [0.717, 1.165) is 35.0 Å². The molecule has 0 unspecified atom stereocenters. The van der Waals surface area contributed by atoms with Gasteiger partial charge in [0, 0.05) is 41.3 Å². The highest BCUT2D eigenvalue weighted by Crippen LogP contribution is 2.37. The number of benzene rings is 3. The first-order chi connectivity index (χ1) is 18.3. The molecule has 1 amide bonds. The molecule has 3 aromatic carbocycles. The number of fused-ring (bicyclic) bond motifs is 1. The van der Waals surface area contributed by atoms with Gasteiger partial charge in [-0.15, -0.1) is 0 Å². The van der Waals surface area contributed by atoms with E-state index < -0.39 is 5.82 Å². The lowest BCUT2D eigenvalue weighted by Crippen LogP contribution is -2.16. The van der Waals surface area contributed by atoms with Crippen LogP contribution in [0.1, 0.15) is 40.2 Å². The van der Waals surface area contributed by atoms with Crippen LogP contribution in [0.3, 0.4) is 0 Å². The summed E-state index contributed by atoms with van der Waals surface area (Å²) in [4.78, 5) is 20.7. The Morgan fingerprint density at radius 3 is 2.34 bits per heavy atom. The Balaban J connectivity index is 0.000000316. The molecule has 2 aliphatic rings. The zero-order chi connectivity index (χ0) is 26.8. The van der Waals surface area contributed by atoms with Crippen molar-refractivity contribution in [1.82, 2.24) is 20.6 Å². The Kier molecular flexibility index (Phi) is 7.11. The van der Waals surface area contributed by atoms with Gasteiger partial charge in [0.05, 0.1) is 11.3 Å². The summed E-state index contributed by atoms with van der Waals surface area (Å²) < 4.78 is 26.6. The second kappa shape index (κ2) is 10.6. The van der Waals surface area contributed by atoms with Crippen molar-refractivity contribution < 1.29 is 13.6 Å². The third-order valence-corrected chi connectivity index (χ3v) is 6.78. The van der Waals surface area contributed by atoms with Crippen molar-refractivity contribution in [1.29, 1.82) is 0 Å². The van der Waals surface area contributed by atoms with Gasteiger partial charge in [0.1, 0.15) is 17.5 Å². The molecule has 1 aliphatic carbocycles. The van der Waals surface area contributed by atoms with Crippen LogP contribution in [0, 0.1) is 24.5 Å². The lowest BCUT2D eigenvalue weighted by atomic mass is 9.92. The molecule has 7 nitrogen and oxygen atoms in total. The van der Waals surface area contributed by atoms with E-state index in [1.807, 2.05) is 19.1 Å². The summed E-state index contributed by atoms with van der Waals surface area (Å²) in [6.45, 7) is 4.06. The average molecular weight is 517 g/mol. The summed E-state index contributed by atoms with van der Waals surface area (Å²) in [6, 6.07) is 14.0. The number of nitrogens with two attached hydrogens (primary N) is 2. The number of rotatable bonds is 6. The van der Waals surface area contributed by atoms with E-state index in [1.54, 1.807) is 12.1 Å². The first kappa shape index (κ1) is 25.4. The van der Waals surface area contributed by atoms with E-state index >= 15 is 0 Å². The number of nitrogens with zero attached hydrogens (tertiary/aromatic N) is 1. The summed E-state index contributed by atoms with van der Waals surface area (Å²) in [6.07, 6.45) is 2.61. The number of anilines is 2. The van der Waals surface area contributed by atoms with E-state index in [1.165, 1.54) is 43.2 Å². The maximum Gasteiger partial charge on any atom is 0.252 e. The van der Waals surface area contributed by atoms with Gasteiger partial charge >= 0.3 is 0 Å². The summed E-state index contributed by atoms with van der Waals surface area (Å²) >= 11 is 0. The fraction of sp³-hybridized carbons (Fsp3) is 0.241. The third kappa shape index (κ3) is 5.52. The monoisotopic (exact) mass is 516 g/mol. The molecule has 0 radical (unpaired) electrons. The van der Waals surface area contributed by atoms with E-state index in [9.17, 15) is 13.6 Å². The molecule has 0 saturated heterocycles. The number of halogens is 2. The number of hydrogen-bond donors (Lipinski definition) is 5. The maximum atomic E-state index is 14.6. The van der Waals surface area contributed by atoms with Crippen LogP contribution in [0.5, 0.6) is 0 Å². The van der Waals surface area contributed by atoms with Crippen LogP contribution in [0.4, 0.5) is 20.2 Å². The largest absolute Gasteiger partial charge is 0.399 e. The zero-order valence-electron chi connectivity index (χ0n) is 21.1. The predicted octanol–water partition coefficient (Wildman–Crippen LogP) is 4.92. The number of aromatic nitrogens is 2. The molecule has 1 aromatic heterocycles. The van der Waals surface area contributed by atoms with Crippen molar-refractivity contribution in [3.8, 4) is 22.5 Å². The number of H-pyrrole nitrogens is 1. The van der Waals surface area contributed by atoms with Gasteiger partial charge in [0.25, 0.3) is 5.91 Å². The highest BCUT2D eigenvalue weighted by atomic mass is 19.1. The molecule has 1 aliphatic heterocycles. The van der Waals surface area contributed by atoms with Crippen molar-refractivity contribution >= 4 is 17.3 Å². The number of hydrogen-bond acceptors (Lipinski definition) is 5. The summed E-state index contributed by atoms with van der Waals surface area (Å²) in [5, 5.41) is 6.33. The lowest BCUT2D eigenvalue weighted by Gasteiger charge is -2.11. The van der Waals surface area contributed by atoms with Crippen LogP contribution < -0.4 is 22.1 Å². The number of imidazole rings is 1. The van der Waals surface area contributed by atoms with Crippen molar-refractivity contribution in [3.63, 3.8) is 0 Å². The molecule has 7 N–H and O–H groups in total. The van der Waals surface area contributed by atoms with E-state index in [4.69, 9.17) is 16.5 Å². The molecule has 196 valence electrons. The van der Waals surface area contributed by atoms with Gasteiger partial charge in [-0.1, -0.05) is 6.07 Å². The van der Waals surface area contributed by atoms with Gasteiger partial charge in [-0.05, 0) is 91.9 Å². The molecule has 9 heteroatoms. The molecular formula is C29H30F2N6O. The first-order valence-corrected chi connectivity index (χ1v) is 12.6. The van der Waals surface area contributed by atoms with Crippen LogP contribution in [0.25, 0.3) is 22.5 Å². The molecule has 0 bridgehead atoms. The number of amides is 1. The highest BCUT2D eigenvalue weighted by molar-refractivity contribution is 6.06. The smallest absolute Gasteiger partial charge is 0.252 e. The quantitative estimate of drug-likeness (QED) is 0.233. The number of aromatic amines is 1. The Morgan fingerprint density at radius 2 is 1.66 bits per heavy atom. The van der Waals surface area contributed by atoms with Gasteiger partial charge in [-0.25, -0.2) is 13.8 Å². The van der Waals surface area contributed by atoms with E-state index in [2.05, 4.69) is 15.6 Å². The number of carbonyl (C=O) groups is 1. The fourth-order valence-corrected chi connectivity index (χ4v) is 4.52. The summed E-state index contributed by atoms with van der Waals surface area (Å²) in [5.74, 6) is 0.645. The Bertz CT molecular complexity index is 1460. The molecular weight excluding hydrogens is 486 g/mol. The van der Waals surface area contributed by atoms with Crippen LogP contribution in [-0.4, -0.2) is 22.4 Å². The molecule has 2 heterocycles. The summed E-state index contributed by atoms with van der Waals surface area (Å²) in [7, 11) is 0. The first-order valence-electron chi connectivity index (χ1n) is 12.6. The average Bonchev–Trinajstić information content (AvgIpc) is 3.53. The van der Waals surface area contributed by atoms with Crippen molar-refractivity contribution in [2.24, 2.45) is 5.92 Å². The molecule has 1 saturated carbocycles. The predicted molar refractivity (Wildman–Crippen MR) is 145 cm³/mol. The van der Waals surface area contributed by atoms with Crippen LogP contribution in [-0.2, 0) is 13.1 Å². The van der Waals surface area contributed by atoms with Gasteiger partial charge in [-0.2, -0.15) is 0 Å². The van der Waals surface area contributed by atoms with Gasteiger partial charge < -0.3 is 27.1 Å². The van der Waals surface area contributed by atoms with Crippen molar-refractivity contribution in [2.45, 2.75) is 32.9 Å². The number of aryl methyl sites for hydroxylation is 1. The molecule has 38 heavy (non-hydrogen) atoms. The number of nitrogen functional groups attached to an aromatic ring is 2. The minimum absolute atomic E-state index is 0.167. The molecule has 6 rings (SSSR count). The minimum Gasteiger partial charge on any atom is -0.399 e. The highest BCUT2D eigenvalue weighted by Gasteiger charge is 2.28. The topological polar surface area (TPSA) is 122 Å². The van der Waals surface area contributed by atoms with Crippen molar-refractivity contribution in [3.05, 3.63) is 88.7 Å². The summed E-state index contributed by atoms with van der Waals surface area (Å²) in [5.41, 5.74) is 17.0. The second-order valence-corrected chi connectivity index (χ2v) is 9.72. The normalized spacial score (nSPS) is 14.0. The van der Waals surface area contributed by atoms with Gasteiger partial charge in [0.15, 0.2) is 0 Å². The Labute approximate surface area is 219 Å². The third-order valence-electron chi connectivity index (χ3n) is 6.78. The molecule has 1 fully saturated rings. The SMILES string of the molecule is Cc1[nH]c(-c2ccc(-c3ccc(N)cc3F)c3c2C(=O)NC3)nc1CNCC1CC1.Nc1ccc(F)cc1. The molecule has 0 atom stereocenters.